The van der Waals surface area contributed by atoms with Crippen molar-refractivity contribution in [3.8, 4) is 0 Å². The number of hydrogen-bond donors (Lipinski definition) is 0. The fourth-order valence-corrected chi connectivity index (χ4v) is 1.07. The molecular formula is C9H13ClN2O2. The minimum atomic E-state index is -0.713. The molecule has 0 aromatic rings. The second-order valence-electron chi connectivity index (χ2n) is 3.84. The second-order valence-corrected chi connectivity index (χ2v) is 4.23. The summed E-state index contributed by atoms with van der Waals surface area (Å²) in [4.78, 5) is 16.6. The number of aliphatic imine (C=N–C) groups is 1. The van der Waals surface area contributed by atoms with Gasteiger partial charge in [-0.1, -0.05) is 11.6 Å². The van der Waals surface area contributed by atoms with E-state index in [2.05, 4.69) is 4.99 Å². The van der Waals surface area contributed by atoms with E-state index in [-0.39, 0.29) is 0 Å². The number of alkyl halides is 1. The van der Waals surface area contributed by atoms with Crippen LogP contribution in [0.25, 0.3) is 0 Å². The molecule has 1 atom stereocenters. The van der Waals surface area contributed by atoms with E-state index in [1.54, 1.807) is 39.3 Å². The Morgan fingerprint density at radius 3 is 2.71 bits per heavy atom. The minimum Gasteiger partial charge on any atom is -0.443 e. The number of carbonyl (C=O) groups excluding carboxylic acids is 1. The maximum Gasteiger partial charge on any atom is 0.417 e. The van der Waals surface area contributed by atoms with E-state index in [1.807, 2.05) is 0 Å². The van der Waals surface area contributed by atoms with Gasteiger partial charge in [0.1, 0.15) is 5.60 Å². The molecule has 0 aromatic carbocycles. The maximum atomic E-state index is 11.5. The molecule has 0 N–H and O–H groups in total. The van der Waals surface area contributed by atoms with Gasteiger partial charge in [0.25, 0.3) is 0 Å². The zero-order valence-corrected chi connectivity index (χ0v) is 9.15. The van der Waals surface area contributed by atoms with E-state index in [9.17, 15) is 4.79 Å². The van der Waals surface area contributed by atoms with Crippen LogP contribution < -0.4 is 0 Å². The predicted octanol–water partition coefficient (Wildman–Crippen LogP) is 2.34. The van der Waals surface area contributed by atoms with Crippen LogP contribution >= 0.6 is 11.6 Å². The topological polar surface area (TPSA) is 41.9 Å². The fraction of sp³-hybridized carbons (Fsp3) is 0.556. The van der Waals surface area contributed by atoms with Crippen LogP contribution in [0.1, 0.15) is 20.8 Å². The number of rotatable bonds is 0. The Labute approximate surface area is 88.2 Å². The molecule has 0 radical (unpaired) electrons. The molecule has 1 rings (SSSR count). The molecule has 1 unspecified atom stereocenters. The van der Waals surface area contributed by atoms with Crippen LogP contribution in [0.2, 0.25) is 0 Å². The molecule has 0 aliphatic carbocycles. The summed E-state index contributed by atoms with van der Waals surface area (Å²) in [6.45, 7) is 5.39. The first kappa shape index (κ1) is 11.0. The van der Waals surface area contributed by atoms with Gasteiger partial charge in [0.2, 0.25) is 5.62 Å². The summed E-state index contributed by atoms with van der Waals surface area (Å²) in [5.41, 5.74) is -1.24. The van der Waals surface area contributed by atoms with Crippen molar-refractivity contribution < 1.29 is 9.53 Å². The lowest BCUT2D eigenvalue weighted by atomic mass is 10.2. The van der Waals surface area contributed by atoms with Crippen molar-refractivity contribution in [2.75, 3.05) is 0 Å². The summed E-state index contributed by atoms with van der Waals surface area (Å²) in [6, 6.07) is 0. The summed E-state index contributed by atoms with van der Waals surface area (Å²) in [7, 11) is 0. The van der Waals surface area contributed by atoms with Crippen LogP contribution in [0, 0.1) is 0 Å². The molecule has 14 heavy (non-hydrogen) atoms. The lowest BCUT2D eigenvalue weighted by molar-refractivity contribution is 0.0318. The first-order chi connectivity index (χ1) is 6.40. The van der Waals surface area contributed by atoms with E-state index < -0.39 is 17.3 Å². The summed E-state index contributed by atoms with van der Waals surface area (Å²) in [5.74, 6) is 0. The maximum absolute atomic E-state index is 11.5. The quantitative estimate of drug-likeness (QED) is 0.461. The van der Waals surface area contributed by atoms with Gasteiger partial charge in [-0.2, -0.15) is 0 Å². The van der Waals surface area contributed by atoms with Crippen LogP contribution in [0.5, 0.6) is 0 Å². The number of halogens is 1. The molecule has 1 aliphatic heterocycles. The van der Waals surface area contributed by atoms with Crippen molar-refractivity contribution in [2.45, 2.75) is 32.0 Å². The van der Waals surface area contributed by atoms with Gasteiger partial charge in [0, 0.05) is 12.4 Å². The van der Waals surface area contributed by atoms with Gasteiger partial charge < -0.3 is 4.74 Å². The van der Waals surface area contributed by atoms with Gasteiger partial charge >= 0.3 is 6.09 Å². The fourth-order valence-electron chi connectivity index (χ4n) is 0.857. The van der Waals surface area contributed by atoms with Crippen LogP contribution in [-0.2, 0) is 4.74 Å². The first-order valence-corrected chi connectivity index (χ1v) is 4.69. The summed E-state index contributed by atoms with van der Waals surface area (Å²) in [6.07, 6.45) is 4.21. The molecule has 5 heteroatoms. The monoisotopic (exact) mass is 216 g/mol. The lowest BCUT2D eigenvalue weighted by Gasteiger charge is -2.27. The Hall–Kier alpha value is -1.03. The van der Waals surface area contributed by atoms with Crippen LogP contribution in [-0.4, -0.2) is 28.4 Å². The normalized spacial score (nSPS) is 21.1. The van der Waals surface area contributed by atoms with Crippen molar-refractivity contribution in [3.63, 3.8) is 0 Å². The molecule has 0 aromatic heterocycles. The lowest BCUT2D eigenvalue weighted by Crippen LogP contribution is -2.37. The molecule has 4 nitrogen and oxygen atoms in total. The molecule has 0 saturated heterocycles. The molecule has 1 amide bonds. The average molecular weight is 217 g/mol. The number of allylic oxidation sites excluding steroid dienone is 1. The molecule has 0 spiro atoms. The SMILES string of the molecule is CC(C)(C)OC(=O)N1C=CC=NC1Cl. The predicted molar refractivity (Wildman–Crippen MR) is 55.3 cm³/mol. The molecule has 78 valence electrons. The van der Waals surface area contributed by atoms with Crippen molar-refractivity contribution in [3.05, 3.63) is 12.3 Å². The zero-order valence-electron chi connectivity index (χ0n) is 8.40. The van der Waals surface area contributed by atoms with Gasteiger partial charge in [-0.05, 0) is 26.8 Å². The van der Waals surface area contributed by atoms with Gasteiger partial charge in [-0.25, -0.2) is 9.69 Å². The number of hydrogen-bond acceptors (Lipinski definition) is 3. The third-order valence-electron chi connectivity index (χ3n) is 1.38. The Bertz CT molecular complexity index is 281. The molecule has 1 heterocycles. The smallest absolute Gasteiger partial charge is 0.417 e. The van der Waals surface area contributed by atoms with E-state index in [0.717, 1.165) is 0 Å². The number of amides is 1. The highest BCUT2D eigenvalue weighted by Gasteiger charge is 2.25. The van der Waals surface area contributed by atoms with Crippen molar-refractivity contribution >= 4 is 23.9 Å². The van der Waals surface area contributed by atoms with Crippen LogP contribution in [0.4, 0.5) is 4.79 Å². The Morgan fingerprint density at radius 2 is 2.21 bits per heavy atom. The van der Waals surface area contributed by atoms with E-state index in [0.29, 0.717) is 0 Å². The van der Waals surface area contributed by atoms with Crippen molar-refractivity contribution in [1.29, 1.82) is 0 Å². The molecule has 0 saturated carbocycles. The van der Waals surface area contributed by atoms with Crippen molar-refractivity contribution in [1.82, 2.24) is 4.90 Å². The summed E-state index contributed by atoms with van der Waals surface area (Å²) < 4.78 is 5.12. The number of ether oxygens (including phenoxy) is 1. The van der Waals surface area contributed by atoms with Crippen molar-refractivity contribution in [2.24, 2.45) is 4.99 Å². The molecular weight excluding hydrogens is 204 g/mol. The highest BCUT2D eigenvalue weighted by molar-refractivity contribution is 6.21. The number of nitrogens with zero attached hydrogens (tertiary/aromatic N) is 2. The molecule has 0 fully saturated rings. The van der Waals surface area contributed by atoms with Crippen LogP contribution in [0.3, 0.4) is 0 Å². The average Bonchev–Trinajstić information content (AvgIpc) is 2.01. The van der Waals surface area contributed by atoms with Gasteiger partial charge in [0.05, 0.1) is 0 Å². The van der Waals surface area contributed by atoms with E-state index in [4.69, 9.17) is 16.3 Å². The standard InChI is InChI=1S/C9H13ClN2O2/c1-9(2,3)14-8(13)12-6-4-5-11-7(12)10/h4-7H,1-3H3. The summed E-state index contributed by atoms with van der Waals surface area (Å²) in [5, 5.41) is 0. The van der Waals surface area contributed by atoms with E-state index in [1.165, 1.54) is 4.90 Å². The Balaban J connectivity index is 2.62. The zero-order chi connectivity index (χ0) is 10.8. The van der Waals surface area contributed by atoms with Gasteiger partial charge in [-0.3, -0.25) is 4.99 Å². The molecule has 1 aliphatic rings. The molecule has 0 bridgehead atoms. The van der Waals surface area contributed by atoms with Gasteiger partial charge in [-0.15, -0.1) is 0 Å². The van der Waals surface area contributed by atoms with E-state index >= 15 is 0 Å². The Kier molecular flexibility index (Phi) is 3.16. The minimum absolute atomic E-state index is 0.495. The van der Waals surface area contributed by atoms with Crippen LogP contribution in [0.15, 0.2) is 17.3 Å². The Morgan fingerprint density at radius 1 is 1.57 bits per heavy atom. The third-order valence-corrected chi connectivity index (χ3v) is 1.70. The highest BCUT2D eigenvalue weighted by Crippen LogP contribution is 2.16. The second kappa shape index (κ2) is 4.00. The highest BCUT2D eigenvalue weighted by atomic mass is 35.5. The van der Waals surface area contributed by atoms with Gasteiger partial charge in [0.15, 0.2) is 0 Å². The third kappa shape index (κ3) is 3.03. The first-order valence-electron chi connectivity index (χ1n) is 4.25. The largest absolute Gasteiger partial charge is 0.443 e. The summed E-state index contributed by atoms with van der Waals surface area (Å²) >= 11 is 5.78. The number of carbonyl (C=O) groups is 1.